The van der Waals surface area contributed by atoms with Crippen LogP contribution in [0.2, 0.25) is 5.02 Å². The van der Waals surface area contributed by atoms with Crippen molar-refractivity contribution in [2.24, 2.45) is 0 Å². The van der Waals surface area contributed by atoms with E-state index in [9.17, 15) is 0 Å². The first kappa shape index (κ1) is 11.1. The van der Waals surface area contributed by atoms with Crippen molar-refractivity contribution < 1.29 is 0 Å². The molecule has 1 aliphatic heterocycles. The van der Waals surface area contributed by atoms with Gasteiger partial charge >= 0.3 is 0 Å². The van der Waals surface area contributed by atoms with Crippen molar-refractivity contribution in [2.45, 2.75) is 26.3 Å². The van der Waals surface area contributed by atoms with Crippen LogP contribution < -0.4 is 5.32 Å². The van der Waals surface area contributed by atoms with Crippen LogP contribution in [0, 0.1) is 13.8 Å². The molecule has 1 aliphatic rings. The molecule has 0 saturated heterocycles. The third kappa shape index (κ3) is 1.85. The monoisotopic (exact) mass is 263 g/mol. The minimum atomic E-state index is 0.417. The molecule has 17 heavy (non-hydrogen) atoms. The van der Waals surface area contributed by atoms with Gasteiger partial charge in [0.1, 0.15) is 0 Å². The Kier molecular flexibility index (Phi) is 2.64. The van der Waals surface area contributed by atoms with Crippen molar-refractivity contribution in [3.05, 3.63) is 50.2 Å². The van der Waals surface area contributed by atoms with Gasteiger partial charge in [0.15, 0.2) is 0 Å². The van der Waals surface area contributed by atoms with Crippen molar-refractivity contribution in [1.29, 1.82) is 0 Å². The van der Waals surface area contributed by atoms with Crippen LogP contribution in [-0.4, -0.2) is 0 Å². The largest absolute Gasteiger partial charge is 0.377 e. The number of aryl methyl sites for hydroxylation is 1. The van der Waals surface area contributed by atoms with E-state index in [0.29, 0.717) is 6.04 Å². The fourth-order valence-corrected chi connectivity index (χ4v) is 3.46. The molecule has 0 aliphatic carbocycles. The number of thiophene rings is 1. The van der Waals surface area contributed by atoms with Gasteiger partial charge in [-0.15, -0.1) is 11.3 Å². The van der Waals surface area contributed by atoms with Crippen LogP contribution in [0.5, 0.6) is 0 Å². The van der Waals surface area contributed by atoms with Crippen molar-refractivity contribution in [3.8, 4) is 0 Å². The third-order valence-corrected chi connectivity index (χ3v) is 4.86. The fourth-order valence-electron chi connectivity index (χ4n) is 2.37. The fraction of sp³-hybridized carbons (Fsp3) is 0.286. The van der Waals surface area contributed by atoms with E-state index in [1.165, 1.54) is 26.6 Å². The maximum absolute atomic E-state index is 6.15. The zero-order valence-electron chi connectivity index (χ0n) is 9.88. The summed E-state index contributed by atoms with van der Waals surface area (Å²) in [5.41, 5.74) is 3.77. The summed E-state index contributed by atoms with van der Waals surface area (Å²) in [6.45, 7) is 4.23. The van der Waals surface area contributed by atoms with Crippen LogP contribution in [0.3, 0.4) is 0 Å². The number of nitrogens with one attached hydrogen (secondary N) is 1. The van der Waals surface area contributed by atoms with E-state index in [2.05, 4.69) is 37.4 Å². The topological polar surface area (TPSA) is 12.0 Å². The highest BCUT2D eigenvalue weighted by Crippen LogP contribution is 2.40. The van der Waals surface area contributed by atoms with Gasteiger partial charge in [-0.1, -0.05) is 17.7 Å². The molecule has 1 N–H and O–H groups in total. The molecule has 1 aromatic heterocycles. The highest BCUT2D eigenvalue weighted by atomic mass is 35.5. The Morgan fingerprint density at radius 3 is 2.76 bits per heavy atom. The van der Waals surface area contributed by atoms with Gasteiger partial charge in [-0.3, -0.25) is 0 Å². The predicted octanol–water partition coefficient (Wildman–Crippen LogP) is 4.73. The number of halogens is 1. The lowest BCUT2D eigenvalue weighted by Gasteiger charge is -2.10. The Labute approximate surface area is 110 Å². The van der Waals surface area contributed by atoms with Crippen LogP contribution >= 0.6 is 22.9 Å². The van der Waals surface area contributed by atoms with Gasteiger partial charge in [0.05, 0.1) is 6.04 Å². The molecule has 2 heterocycles. The summed E-state index contributed by atoms with van der Waals surface area (Å²) in [5.74, 6) is 0. The Hall–Kier alpha value is -0.990. The summed E-state index contributed by atoms with van der Waals surface area (Å²) in [7, 11) is 0. The van der Waals surface area contributed by atoms with Gasteiger partial charge in [-0.25, -0.2) is 0 Å². The maximum Gasteiger partial charge on any atom is 0.0647 e. The van der Waals surface area contributed by atoms with E-state index in [1.807, 2.05) is 17.4 Å². The Morgan fingerprint density at radius 1 is 1.24 bits per heavy atom. The average molecular weight is 264 g/mol. The molecule has 0 spiro atoms. The number of anilines is 1. The van der Waals surface area contributed by atoms with Crippen LogP contribution in [0.15, 0.2) is 24.3 Å². The number of benzene rings is 1. The summed E-state index contributed by atoms with van der Waals surface area (Å²) in [6, 6.07) is 8.96. The Bertz CT molecular complexity index is 574. The first-order chi connectivity index (χ1) is 8.15. The standard InChI is InChI=1S/C14H14ClNS/c1-8-3-6-13(17-8)12-7-10-4-5-11(15)9(2)14(10)16-12/h3-6,12,16H,7H2,1-2H3. The van der Waals surface area contributed by atoms with Crippen molar-refractivity contribution >= 4 is 28.6 Å². The Balaban J connectivity index is 1.95. The van der Waals surface area contributed by atoms with Crippen LogP contribution in [0.4, 0.5) is 5.69 Å². The molecular weight excluding hydrogens is 250 g/mol. The molecule has 0 bridgehead atoms. The molecule has 0 amide bonds. The normalized spacial score (nSPS) is 17.9. The van der Waals surface area contributed by atoms with Gasteiger partial charge in [-0.2, -0.15) is 0 Å². The van der Waals surface area contributed by atoms with Crippen LogP contribution in [-0.2, 0) is 6.42 Å². The van der Waals surface area contributed by atoms with Crippen LogP contribution in [0.1, 0.15) is 26.9 Å². The van der Waals surface area contributed by atoms with E-state index >= 15 is 0 Å². The molecule has 0 radical (unpaired) electrons. The molecule has 0 fully saturated rings. The summed E-state index contributed by atoms with van der Waals surface area (Å²) < 4.78 is 0. The molecule has 2 aromatic rings. The first-order valence-corrected chi connectivity index (χ1v) is 6.95. The van der Waals surface area contributed by atoms with Gasteiger partial charge in [-0.05, 0) is 49.6 Å². The van der Waals surface area contributed by atoms with E-state index < -0.39 is 0 Å². The van der Waals surface area contributed by atoms with Gasteiger partial charge in [0.2, 0.25) is 0 Å². The lowest BCUT2D eigenvalue weighted by Crippen LogP contribution is -2.03. The van der Waals surface area contributed by atoms with E-state index in [4.69, 9.17) is 11.6 Å². The van der Waals surface area contributed by atoms with Crippen molar-refractivity contribution in [2.75, 3.05) is 5.32 Å². The van der Waals surface area contributed by atoms with E-state index in [0.717, 1.165) is 11.4 Å². The van der Waals surface area contributed by atoms with Gasteiger partial charge < -0.3 is 5.32 Å². The SMILES string of the molecule is Cc1ccc(C2Cc3ccc(Cl)c(C)c3N2)s1. The van der Waals surface area contributed by atoms with Crippen molar-refractivity contribution in [1.82, 2.24) is 0 Å². The minimum Gasteiger partial charge on any atom is -0.377 e. The van der Waals surface area contributed by atoms with E-state index in [-0.39, 0.29) is 0 Å². The van der Waals surface area contributed by atoms with E-state index in [1.54, 1.807) is 0 Å². The second kappa shape index (κ2) is 4.04. The molecule has 1 aromatic carbocycles. The molecule has 3 heteroatoms. The summed E-state index contributed by atoms with van der Waals surface area (Å²) >= 11 is 8.02. The highest BCUT2D eigenvalue weighted by molar-refractivity contribution is 7.12. The second-order valence-electron chi connectivity index (χ2n) is 4.56. The second-order valence-corrected chi connectivity index (χ2v) is 6.28. The lowest BCUT2D eigenvalue weighted by molar-refractivity contribution is 0.843. The molecule has 1 nitrogen and oxygen atoms in total. The molecule has 3 rings (SSSR count). The average Bonchev–Trinajstić information content (AvgIpc) is 2.90. The molecule has 1 atom stereocenters. The molecule has 88 valence electrons. The number of rotatable bonds is 1. The summed E-state index contributed by atoms with van der Waals surface area (Å²) in [4.78, 5) is 2.78. The number of hydrogen-bond donors (Lipinski definition) is 1. The summed E-state index contributed by atoms with van der Waals surface area (Å²) in [6.07, 6.45) is 1.06. The highest BCUT2D eigenvalue weighted by Gasteiger charge is 2.24. The molecule has 0 saturated carbocycles. The zero-order chi connectivity index (χ0) is 12.0. The van der Waals surface area contributed by atoms with Gasteiger partial charge in [0, 0.05) is 20.5 Å². The quantitative estimate of drug-likeness (QED) is 0.784. The maximum atomic E-state index is 6.15. The predicted molar refractivity (Wildman–Crippen MR) is 75.3 cm³/mol. The van der Waals surface area contributed by atoms with Gasteiger partial charge in [0.25, 0.3) is 0 Å². The molecular formula is C14H14ClNS. The van der Waals surface area contributed by atoms with Crippen molar-refractivity contribution in [3.63, 3.8) is 0 Å². The third-order valence-electron chi connectivity index (χ3n) is 3.33. The molecule has 1 unspecified atom stereocenters. The Morgan fingerprint density at radius 2 is 2.06 bits per heavy atom. The smallest absolute Gasteiger partial charge is 0.0647 e. The number of hydrogen-bond acceptors (Lipinski definition) is 2. The van der Waals surface area contributed by atoms with Crippen LogP contribution in [0.25, 0.3) is 0 Å². The minimum absolute atomic E-state index is 0.417. The summed E-state index contributed by atoms with van der Waals surface area (Å²) in [5, 5.41) is 4.45. The number of fused-ring (bicyclic) bond motifs is 1. The lowest BCUT2D eigenvalue weighted by atomic mass is 10.1. The zero-order valence-corrected chi connectivity index (χ0v) is 11.5. The first-order valence-electron chi connectivity index (χ1n) is 5.76.